The van der Waals surface area contributed by atoms with E-state index in [-0.39, 0.29) is 17.9 Å². The standard InChI is InChI=1S/C17H26N4O3S/c1-12-6-7-16(20-19-12)24-14-5-4-9-21(11-14)17(23)15(8-10-25-3)18-13(2)22/h6-7,14-15H,4-5,8-11H2,1-3H3,(H,18,22)/t14-,15-/m1/s1. The topological polar surface area (TPSA) is 84.4 Å². The molecule has 1 N–H and O–H groups in total. The summed E-state index contributed by atoms with van der Waals surface area (Å²) in [5, 5.41) is 10.8. The molecule has 0 bridgehead atoms. The van der Waals surface area contributed by atoms with E-state index in [1.165, 1.54) is 6.92 Å². The van der Waals surface area contributed by atoms with Crippen LogP contribution in [0.3, 0.4) is 0 Å². The first-order chi connectivity index (χ1) is 12.0. The Morgan fingerprint density at radius 3 is 2.88 bits per heavy atom. The van der Waals surface area contributed by atoms with Crippen molar-refractivity contribution in [2.24, 2.45) is 0 Å². The Hall–Kier alpha value is -1.83. The Labute approximate surface area is 152 Å². The maximum absolute atomic E-state index is 12.8. The number of aromatic nitrogens is 2. The van der Waals surface area contributed by atoms with E-state index in [4.69, 9.17) is 4.74 Å². The molecule has 138 valence electrons. The second-order valence-electron chi connectivity index (χ2n) is 6.21. The summed E-state index contributed by atoms with van der Waals surface area (Å²) in [4.78, 5) is 26.0. The van der Waals surface area contributed by atoms with Crippen LogP contribution in [0, 0.1) is 6.92 Å². The number of aryl methyl sites for hydroxylation is 1. The van der Waals surface area contributed by atoms with Crippen molar-refractivity contribution >= 4 is 23.6 Å². The third-order valence-electron chi connectivity index (χ3n) is 4.04. The van der Waals surface area contributed by atoms with Crippen molar-refractivity contribution < 1.29 is 14.3 Å². The highest BCUT2D eigenvalue weighted by molar-refractivity contribution is 7.98. The highest BCUT2D eigenvalue weighted by Crippen LogP contribution is 2.18. The van der Waals surface area contributed by atoms with Crippen LogP contribution >= 0.6 is 11.8 Å². The maximum atomic E-state index is 12.8. The van der Waals surface area contributed by atoms with Gasteiger partial charge >= 0.3 is 0 Å². The SMILES string of the molecule is CSCC[C@@H](NC(C)=O)C(=O)N1CCC[C@@H](Oc2ccc(C)nn2)C1. The van der Waals surface area contributed by atoms with E-state index < -0.39 is 6.04 Å². The summed E-state index contributed by atoms with van der Waals surface area (Å²) in [5.41, 5.74) is 0.833. The number of ether oxygens (including phenoxy) is 1. The number of carbonyl (C=O) groups is 2. The predicted molar refractivity (Wildman–Crippen MR) is 97.6 cm³/mol. The molecule has 0 spiro atoms. The van der Waals surface area contributed by atoms with Crippen LogP contribution in [0.2, 0.25) is 0 Å². The van der Waals surface area contributed by atoms with Gasteiger partial charge in [-0.25, -0.2) is 0 Å². The van der Waals surface area contributed by atoms with Crippen molar-refractivity contribution in [3.05, 3.63) is 17.8 Å². The first kappa shape index (κ1) is 19.5. The van der Waals surface area contributed by atoms with Crippen LogP contribution in [0.4, 0.5) is 0 Å². The summed E-state index contributed by atoms with van der Waals surface area (Å²) < 4.78 is 5.87. The molecule has 2 amide bonds. The molecule has 2 heterocycles. The third kappa shape index (κ3) is 6.19. The van der Waals surface area contributed by atoms with E-state index in [1.807, 2.05) is 19.2 Å². The zero-order chi connectivity index (χ0) is 18.2. The van der Waals surface area contributed by atoms with E-state index >= 15 is 0 Å². The molecule has 0 saturated carbocycles. The number of likely N-dealkylation sites (tertiary alicyclic amines) is 1. The number of hydrogen-bond acceptors (Lipinski definition) is 6. The fraction of sp³-hybridized carbons (Fsp3) is 0.647. The van der Waals surface area contributed by atoms with Crippen molar-refractivity contribution in [3.8, 4) is 5.88 Å². The summed E-state index contributed by atoms with van der Waals surface area (Å²) in [6.07, 6.45) is 4.25. The number of nitrogens with one attached hydrogen (secondary N) is 1. The molecule has 1 aliphatic rings. The Morgan fingerprint density at radius 1 is 1.44 bits per heavy atom. The van der Waals surface area contributed by atoms with Crippen molar-refractivity contribution in [1.29, 1.82) is 0 Å². The zero-order valence-corrected chi connectivity index (χ0v) is 15.8. The monoisotopic (exact) mass is 366 g/mol. The molecule has 1 aliphatic heterocycles. The quantitative estimate of drug-likeness (QED) is 0.785. The lowest BCUT2D eigenvalue weighted by Crippen LogP contribution is -2.52. The van der Waals surface area contributed by atoms with Gasteiger partial charge in [0.1, 0.15) is 12.1 Å². The normalized spacial score (nSPS) is 18.5. The van der Waals surface area contributed by atoms with Gasteiger partial charge in [0.25, 0.3) is 0 Å². The zero-order valence-electron chi connectivity index (χ0n) is 15.0. The van der Waals surface area contributed by atoms with Gasteiger partial charge in [0.15, 0.2) is 0 Å². The average molecular weight is 366 g/mol. The minimum atomic E-state index is -0.470. The molecule has 1 aromatic rings. The Balaban J connectivity index is 1.96. The summed E-state index contributed by atoms with van der Waals surface area (Å²) in [6.45, 7) is 4.50. The number of piperidine rings is 1. The molecule has 8 heteroatoms. The molecule has 1 saturated heterocycles. The van der Waals surface area contributed by atoms with Crippen LogP contribution in [0.1, 0.15) is 31.9 Å². The van der Waals surface area contributed by atoms with Crippen LogP contribution in [0.5, 0.6) is 5.88 Å². The first-order valence-corrected chi connectivity index (χ1v) is 9.90. The van der Waals surface area contributed by atoms with Crippen LogP contribution in [-0.2, 0) is 9.59 Å². The van der Waals surface area contributed by atoms with Gasteiger partial charge in [-0.2, -0.15) is 16.9 Å². The van der Waals surface area contributed by atoms with E-state index in [2.05, 4.69) is 15.5 Å². The van der Waals surface area contributed by atoms with Gasteiger partial charge in [0.05, 0.1) is 12.2 Å². The maximum Gasteiger partial charge on any atom is 0.245 e. The van der Waals surface area contributed by atoms with Gasteiger partial charge in [0, 0.05) is 19.5 Å². The van der Waals surface area contributed by atoms with Gasteiger partial charge < -0.3 is 15.0 Å². The van der Waals surface area contributed by atoms with E-state index in [0.717, 1.165) is 24.3 Å². The molecule has 1 fully saturated rings. The van der Waals surface area contributed by atoms with Crippen LogP contribution in [-0.4, -0.2) is 64.2 Å². The van der Waals surface area contributed by atoms with Crippen LogP contribution in [0.15, 0.2) is 12.1 Å². The largest absolute Gasteiger partial charge is 0.471 e. The van der Waals surface area contributed by atoms with E-state index in [1.54, 1.807) is 22.7 Å². The van der Waals surface area contributed by atoms with Crippen LogP contribution in [0.25, 0.3) is 0 Å². The van der Waals surface area contributed by atoms with Crippen molar-refractivity contribution in [1.82, 2.24) is 20.4 Å². The van der Waals surface area contributed by atoms with Crippen molar-refractivity contribution in [2.75, 3.05) is 25.1 Å². The van der Waals surface area contributed by atoms with Crippen LogP contribution < -0.4 is 10.1 Å². The second kappa shape index (κ2) is 9.60. The van der Waals surface area contributed by atoms with Gasteiger partial charge in [-0.1, -0.05) is 0 Å². The number of hydrogen-bond donors (Lipinski definition) is 1. The minimum Gasteiger partial charge on any atom is -0.471 e. The molecule has 1 aromatic heterocycles. The number of nitrogens with zero attached hydrogens (tertiary/aromatic N) is 3. The average Bonchev–Trinajstić information content (AvgIpc) is 2.60. The number of carbonyl (C=O) groups excluding carboxylic acids is 2. The summed E-state index contributed by atoms with van der Waals surface area (Å²) in [5.74, 6) is 1.08. The molecular formula is C17H26N4O3S. The lowest BCUT2D eigenvalue weighted by Gasteiger charge is -2.34. The van der Waals surface area contributed by atoms with Gasteiger partial charge in [0.2, 0.25) is 17.7 Å². The molecule has 0 unspecified atom stereocenters. The molecule has 0 aromatic carbocycles. The minimum absolute atomic E-state index is 0.0347. The fourth-order valence-electron chi connectivity index (χ4n) is 2.81. The Morgan fingerprint density at radius 2 is 2.24 bits per heavy atom. The second-order valence-corrected chi connectivity index (χ2v) is 7.20. The Kier molecular flexibility index (Phi) is 7.49. The summed E-state index contributed by atoms with van der Waals surface area (Å²) >= 11 is 1.66. The summed E-state index contributed by atoms with van der Waals surface area (Å²) in [6, 6.07) is 3.17. The lowest BCUT2D eigenvalue weighted by molar-refractivity contribution is -0.138. The first-order valence-electron chi connectivity index (χ1n) is 8.51. The number of thioether (sulfide) groups is 1. The lowest BCUT2D eigenvalue weighted by atomic mass is 10.1. The van der Waals surface area contributed by atoms with Gasteiger partial charge in [-0.05, 0) is 44.3 Å². The third-order valence-corrected chi connectivity index (χ3v) is 4.68. The molecule has 7 nitrogen and oxygen atoms in total. The molecule has 0 radical (unpaired) electrons. The molecule has 0 aliphatic carbocycles. The predicted octanol–water partition coefficient (Wildman–Crippen LogP) is 1.41. The Bertz CT molecular complexity index is 582. The highest BCUT2D eigenvalue weighted by Gasteiger charge is 2.30. The smallest absolute Gasteiger partial charge is 0.245 e. The van der Waals surface area contributed by atoms with Gasteiger partial charge in [-0.3, -0.25) is 9.59 Å². The van der Waals surface area contributed by atoms with Gasteiger partial charge in [-0.15, -0.1) is 5.10 Å². The summed E-state index contributed by atoms with van der Waals surface area (Å²) in [7, 11) is 0. The molecule has 2 rings (SSSR count). The van der Waals surface area contributed by atoms with E-state index in [0.29, 0.717) is 25.4 Å². The fourth-order valence-corrected chi connectivity index (χ4v) is 3.29. The molecule has 25 heavy (non-hydrogen) atoms. The van der Waals surface area contributed by atoms with Crippen molar-refractivity contribution in [3.63, 3.8) is 0 Å². The number of rotatable bonds is 7. The van der Waals surface area contributed by atoms with E-state index in [9.17, 15) is 9.59 Å². The van der Waals surface area contributed by atoms with Crippen molar-refractivity contribution in [2.45, 2.75) is 45.3 Å². The molecular weight excluding hydrogens is 340 g/mol. The number of amides is 2. The highest BCUT2D eigenvalue weighted by atomic mass is 32.2. The molecule has 2 atom stereocenters.